The van der Waals surface area contributed by atoms with Crippen LogP contribution < -0.4 is 5.32 Å². The molecule has 0 fully saturated rings. The van der Waals surface area contributed by atoms with Gasteiger partial charge >= 0.3 is 0 Å². The van der Waals surface area contributed by atoms with E-state index >= 15 is 0 Å². The number of nitrogens with one attached hydrogen (secondary N) is 1. The smallest absolute Gasteiger partial charge is 0.123 e. The number of imidazole rings is 1. The van der Waals surface area contributed by atoms with Crippen molar-refractivity contribution in [1.29, 1.82) is 0 Å². The summed E-state index contributed by atoms with van der Waals surface area (Å²) in [6, 6.07) is 2.02. The Balaban J connectivity index is 2.53. The number of hydrogen-bond donors (Lipinski definition) is 1. The Kier molecular flexibility index (Phi) is 2.97. The zero-order valence-corrected chi connectivity index (χ0v) is 9.20. The first kappa shape index (κ1) is 10.1. The lowest BCUT2D eigenvalue weighted by molar-refractivity contribution is 0.629. The van der Waals surface area contributed by atoms with E-state index in [1.807, 2.05) is 25.5 Å². The molecule has 0 aliphatic heterocycles. The molecule has 0 aromatic carbocycles. The van der Waals surface area contributed by atoms with Crippen LogP contribution in [0.3, 0.4) is 0 Å². The summed E-state index contributed by atoms with van der Waals surface area (Å²) >= 11 is 0. The Morgan fingerprint density at radius 2 is 2.33 bits per heavy atom. The molecule has 0 unspecified atom stereocenters. The van der Waals surface area contributed by atoms with E-state index in [9.17, 15) is 0 Å². The van der Waals surface area contributed by atoms with E-state index in [-0.39, 0.29) is 0 Å². The maximum absolute atomic E-state index is 4.56. The molecule has 0 spiro atoms. The van der Waals surface area contributed by atoms with E-state index in [0.717, 1.165) is 30.9 Å². The van der Waals surface area contributed by atoms with Crippen LogP contribution in [0.2, 0.25) is 0 Å². The van der Waals surface area contributed by atoms with Crippen molar-refractivity contribution in [3.63, 3.8) is 0 Å². The van der Waals surface area contributed by atoms with E-state index in [4.69, 9.17) is 0 Å². The fourth-order valence-electron chi connectivity index (χ4n) is 1.80. The molecular formula is C11H16N4. The Labute approximate surface area is 89.3 Å². The SMILES string of the molecule is CCCn1c(CNC)nc2cnccc21. The number of rotatable bonds is 4. The summed E-state index contributed by atoms with van der Waals surface area (Å²) in [4.78, 5) is 8.65. The van der Waals surface area contributed by atoms with Crippen LogP contribution in [0.4, 0.5) is 0 Å². The second-order valence-corrected chi connectivity index (χ2v) is 3.57. The van der Waals surface area contributed by atoms with Gasteiger partial charge in [-0.1, -0.05) is 6.92 Å². The van der Waals surface area contributed by atoms with Crippen molar-refractivity contribution < 1.29 is 0 Å². The first-order chi connectivity index (χ1) is 7.36. The third kappa shape index (κ3) is 1.85. The topological polar surface area (TPSA) is 42.7 Å². The van der Waals surface area contributed by atoms with Crippen LogP contribution in [-0.4, -0.2) is 21.6 Å². The minimum absolute atomic E-state index is 0.800. The maximum Gasteiger partial charge on any atom is 0.123 e. The van der Waals surface area contributed by atoms with Crippen LogP contribution >= 0.6 is 0 Å². The quantitative estimate of drug-likeness (QED) is 0.822. The van der Waals surface area contributed by atoms with Gasteiger partial charge in [0.1, 0.15) is 11.3 Å². The number of aryl methyl sites for hydroxylation is 1. The molecule has 80 valence electrons. The standard InChI is InChI=1S/C11H16N4/c1-3-6-15-10-4-5-13-7-9(10)14-11(15)8-12-2/h4-5,7,12H,3,6,8H2,1-2H3. The van der Waals surface area contributed by atoms with Gasteiger partial charge in [-0.25, -0.2) is 4.98 Å². The highest BCUT2D eigenvalue weighted by Crippen LogP contribution is 2.15. The first-order valence-corrected chi connectivity index (χ1v) is 5.30. The van der Waals surface area contributed by atoms with Crippen LogP contribution in [0.1, 0.15) is 19.2 Å². The van der Waals surface area contributed by atoms with Gasteiger partial charge in [-0.05, 0) is 19.5 Å². The van der Waals surface area contributed by atoms with Gasteiger partial charge in [-0.3, -0.25) is 4.98 Å². The molecule has 0 aliphatic carbocycles. The molecule has 0 saturated carbocycles. The van der Waals surface area contributed by atoms with Crippen molar-refractivity contribution in [1.82, 2.24) is 19.9 Å². The molecule has 15 heavy (non-hydrogen) atoms. The van der Waals surface area contributed by atoms with Gasteiger partial charge < -0.3 is 9.88 Å². The summed E-state index contributed by atoms with van der Waals surface area (Å²) in [5, 5.41) is 3.14. The molecule has 2 aromatic rings. The second kappa shape index (κ2) is 4.40. The Morgan fingerprint density at radius 3 is 3.07 bits per heavy atom. The molecule has 0 atom stereocenters. The number of pyridine rings is 1. The van der Waals surface area contributed by atoms with Crippen molar-refractivity contribution in [2.75, 3.05) is 7.05 Å². The fraction of sp³-hybridized carbons (Fsp3) is 0.455. The van der Waals surface area contributed by atoms with E-state index in [2.05, 4.69) is 26.8 Å². The molecule has 0 saturated heterocycles. The highest BCUT2D eigenvalue weighted by atomic mass is 15.1. The second-order valence-electron chi connectivity index (χ2n) is 3.57. The summed E-state index contributed by atoms with van der Waals surface area (Å²) in [7, 11) is 1.94. The van der Waals surface area contributed by atoms with Gasteiger partial charge in [0.05, 0.1) is 18.3 Å². The van der Waals surface area contributed by atoms with Gasteiger partial charge in [0.15, 0.2) is 0 Å². The molecule has 2 aromatic heterocycles. The van der Waals surface area contributed by atoms with Crippen molar-refractivity contribution in [3.05, 3.63) is 24.3 Å². The monoisotopic (exact) mass is 204 g/mol. The minimum Gasteiger partial charge on any atom is -0.327 e. The summed E-state index contributed by atoms with van der Waals surface area (Å²) < 4.78 is 2.26. The molecule has 4 nitrogen and oxygen atoms in total. The van der Waals surface area contributed by atoms with Gasteiger partial charge in [0, 0.05) is 12.7 Å². The lowest BCUT2D eigenvalue weighted by Gasteiger charge is -2.06. The summed E-state index contributed by atoms with van der Waals surface area (Å²) in [5.74, 6) is 1.09. The van der Waals surface area contributed by atoms with E-state index in [1.165, 1.54) is 5.52 Å². The van der Waals surface area contributed by atoms with Crippen molar-refractivity contribution in [3.8, 4) is 0 Å². The summed E-state index contributed by atoms with van der Waals surface area (Å²) in [5.41, 5.74) is 2.16. The van der Waals surface area contributed by atoms with Gasteiger partial charge in [0.2, 0.25) is 0 Å². The zero-order chi connectivity index (χ0) is 10.7. The number of fused-ring (bicyclic) bond motifs is 1. The lowest BCUT2D eigenvalue weighted by atomic mass is 10.4. The van der Waals surface area contributed by atoms with Crippen LogP contribution in [0.25, 0.3) is 11.0 Å². The third-order valence-electron chi connectivity index (χ3n) is 2.41. The Bertz CT molecular complexity index is 447. The molecule has 2 heterocycles. The van der Waals surface area contributed by atoms with Crippen LogP contribution in [0.5, 0.6) is 0 Å². The van der Waals surface area contributed by atoms with Gasteiger partial charge in [0.25, 0.3) is 0 Å². The first-order valence-electron chi connectivity index (χ1n) is 5.30. The molecule has 0 bridgehead atoms. The average Bonchev–Trinajstić information content (AvgIpc) is 2.59. The third-order valence-corrected chi connectivity index (χ3v) is 2.41. The summed E-state index contributed by atoms with van der Waals surface area (Å²) in [6.07, 6.45) is 4.75. The number of nitrogens with zero attached hydrogens (tertiary/aromatic N) is 3. The highest BCUT2D eigenvalue weighted by molar-refractivity contribution is 5.74. The van der Waals surface area contributed by atoms with E-state index in [1.54, 1.807) is 0 Å². The Morgan fingerprint density at radius 1 is 1.47 bits per heavy atom. The molecule has 0 amide bonds. The lowest BCUT2D eigenvalue weighted by Crippen LogP contribution is -2.12. The van der Waals surface area contributed by atoms with Gasteiger partial charge in [-0.2, -0.15) is 0 Å². The molecule has 2 rings (SSSR count). The molecule has 0 aliphatic rings. The predicted octanol–water partition coefficient (Wildman–Crippen LogP) is 1.56. The molecule has 1 N–H and O–H groups in total. The van der Waals surface area contributed by atoms with E-state index < -0.39 is 0 Å². The minimum atomic E-state index is 0.800. The number of hydrogen-bond acceptors (Lipinski definition) is 3. The van der Waals surface area contributed by atoms with Crippen molar-refractivity contribution in [2.45, 2.75) is 26.4 Å². The van der Waals surface area contributed by atoms with Crippen LogP contribution in [0.15, 0.2) is 18.5 Å². The van der Waals surface area contributed by atoms with Crippen LogP contribution in [-0.2, 0) is 13.1 Å². The fourth-order valence-corrected chi connectivity index (χ4v) is 1.80. The molecule has 0 radical (unpaired) electrons. The van der Waals surface area contributed by atoms with Crippen LogP contribution in [0, 0.1) is 0 Å². The largest absolute Gasteiger partial charge is 0.327 e. The maximum atomic E-state index is 4.56. The van der Waals surface area contributed by atoms with Crippen molar-refractivity contribution >= 4 is 11.0 Å². The van der Waals surface area contributed by atoms with E-state index in [0.29, 0.717) is 0 Å². The normalized spacial score (nSPS) is 11.1. The predicted molar refractivity (Wildman–Crippen MR) is 60.6 cm³/mol. The Hall–Kier alpha value is -1.42. The molecular weight excluding hydrogens is 188 g/mol. The van der Waals surface area contributed by atoms with Crippen molar-refractivity contribution in [2.24, 2.45) is 0 Å². The van der Waals surface area contributed by atoms with Gasteiger partial charge in [-0.15, -0.1) is 0 Å². The average molecular weight is 204 g/mol. The zero-order valence-electron chi connectivity index (χ0n) is 9.20. The molecule has 4 heteroatoms. The highest BCUT2D eigenvalue weighted by Gasteiger charge is 2.08. The number of aromatic nitrogens is 3. The summed E-state index contributed by atoms with van der Waals surface area (Å²) in [6.45, 7) is 3.99.